The average Bonchev–Trinajstić information content (AvgIpc) is 2.30. The van der Waals surface area contributed by atoms with Crippen molar-refractivity contribution in [3.63, 3.8) is 0 Å². The number of nitrogens with zero attached hydrogens (tertiary/aromatic N) is 2. The highest BCUT2D eigenvalue weighted by Gasteiger charge is 2.07. The maximum Gasteiger partial charge on any atom is 0.226 e. The number of nitrogen functional groups attached to an aromatic ring is 2. The zero-order valence-electron chi connectivity index (χ0n) is 9.96. The lowest BCUT2D eigenvalue weighted by Gasteiger charge is -2.10. The molecule has 0 saturated heterocycles. The summed E-state index contributed by atoms with van der Waals surface area (Å²) in [7, 11) is 0. The molecular formula is C12H14N4O2. The van der Waals surface area contributed by atoms with Crippen LogP contribution in [0.25, 0.3) is 0 Å². The molecule has 18 heavy (non-hydrogen) atoms. The lowest BCUT2D eigenvalue weighted by molar-refractivity contribution is 0.319. The van der Waals surface area contributed by atoms with Crippen molar-refractivity contribution in [1.29, 1.82) is 0 Å². The van der Waals surface area contributed by atoms with Crippen molar-refractivity contribution in [3.05, 3.63) is 30.3 Å². The molecule has 94 valence electrons. The van der Waals surface area contributed by atoms with E-state index in [-0.39, 0.29) is 17.6 Å². The van der Waals surface area contributed by atoms with Gasteiger partial charge in [0.15, 0.2) is 11.5 Å². The summed E-state index contributed by atoms with van der Waals surface area (Å²) in [6.45, 7) is 2.45. The standard InChI is InChI=1S/C12H14N4O2/c1-2-17-8-5-3-4-6-9(8)18-11-7-10(13)15-12(14)16-11/h3-7H,2H2,1H3,(H4,13,14,15,16). The number of benzene rings is 1. The van der Waals surface area contributed by atoms with E-state index in [2.05, 4.69) is 9.97 Å². The van der Waals surface area contributed by atoms with Crippen LogP contribution in [0.3, 0.4) is 0 Å². The first-order valence-electron chi connectivity index (χ1n) is 5.48. The average molecular weight is 246 g/mol. The summed E-state index contributed by atoms with van der Waals surface area (Å²) >= 11 is 0. The number of ether oxygens (including phenoxy) is 2. The van der Waals surface area contributed by atoms with E-state index in [9.17, 15) is 0 Å². The first-order valence-corrected chi connectivity index (χ1v) is 5.48. The third-order valence-electron chi connectivity index (χ3n) is 2.10. The van der Waals surface area contributed by atoms with Gasteiger partial charge in [-0.3, -0.25) is 0 Å². The topological polar surface area (TPSA) is 96.3 Å². The Labute approximate surface area is 105 Å². The summed E-state index contributed by atoms with van der Waals surface area (Å²) in [6.07, 6.45) is 0. The Morgan fingerprint density at radius 1 is 1.11 bits per heavy atom. The van der Waals surface area contributed by atoms with Gasteiger partial charge in [0.2, 0.25) is 11.8 Å². The molecule has 0 bridgehead atoms. The van der Waals surface area contributed by atoms with E-state index in [0.717, 1.165) is 0 Å². The van der Waals surface area contributed by atoms with Crippen molar-refractivity contribution < 1.29 is 9.47 Å². The summed E-state index contributed by atoms with van der Waals surface area (Å²) in [5, 5.41) is 0. The Balaban J connectivity index is 2.27. The van der Waals surface area contributed by atoms with Crippen LogP contribution in [0.2, 0.25) is 0 Å². The van der Waals surface area contributed by atoms with Gasteiger partial charge in [-0.2, -0.15) is 9.97 Å². The second-order valence-corrected chi connectivity index (χ2v) is 3.47. The van der Waals surface area contributed by atoms with E-state index in [1.54, 1.807) is 6.07 Å². The van der Waals surface area contributed by atoms with Gasteiger partial charge in [-0.25, -0.2) is 0 Å². The van der Waals surface area contributed by atoms with Gasteiger partial charge in [-0.15, -0.1) is 0 Å². The molecule has 1 heterocycles. The van der Waals surface area contributed by atoms with Crippen LogP contribution < -0.4 is 20.9 Å². The highest BCUT2D eigenvalue weighted by Crippen LogP contribution is 2.30. The van der Waals surface area contributed by atoms with E-state index >= 15 is 0 Å². The molecule has 6 heteroatoms. The Hall–Kier alpha value is -2.50. The van der Waals surface area contributed by atoms with Gasteiger partial charge < -0.3 is 20.9 Å². The van der Waals surface area contributed by atoms with Crippen molar-refractivity contribution in [2.45, 2.75) is 6.92 Å². The number of para-hydroxylation sites is 2. The lowest BCUT2D eigenvalue weighted by Crippen LogP contribution is -2.01. The van der Waals surface area contributed by atoms with Crippen LogP contribution in [-0.2, 0) is 0 Å². The lowest BCUT2D eigenvalue weighted by atomic mass is 10.3. The largest absolute Gasteiger partial charge is 0.490 e. The van der Waals surface area contributed by atoms with E-state index in [1.807, 2.05) is 25.1 Å². The van der Waals surface area contributed by atoms with E-state index < -0.39 is 0 Å². The fourth-order valence-electron chi connectivity index (χ4n) is 1.44. The van der Waals surface area contributed by atoms with Crippen LogP contribution >= 0.6 is 0 Å². The van der Waals surface area contributed by atoms with Crippen molar-refractivity contribution in [3.8, 4) is 17.4 Å². The smallest absolute Gasteiger partial charge is 0.226 e. The molecule has 1 aromatic heterocycles. The molecule has 0 aliphatic carbocycles. The van der Waals surface area contributed by atoms with E-state index in [1.165, 1.54) is 6.07 Å². The monoisotopic (exact) mass is 246 g/mol. The zero-order valence-corrected chi connectivity index (χ0v) is 9.96. The number of hydrogen-bond acceptors (Lipinski definition) is 6. The number of aromatic nitrogens is 2. The van der Waals surface area contributed by atoms with Crippen LogP contribution in [0.4, 0.5) is 11.8 Å². The first kappa shape index (κ1) is 12.0. The fraction of sp³-hybridized carbons (Fsp3) is 0.167. The summed E-state index contributed by atoms with van der Waals surface area (Å²) in [4.78, 5) is 7.71. The maximum absolute atomic E-state index is 5.59. The molecule has 4 N–H and O–H groups in total. The van der Waals surface area contributed by atoms with Crippen LogP contribution in [0.5, 0.6) is 17.4 Å². The number of hydrogen-bond donors (Lipinski definition) is 2. The van der Waals surface area contributed by atoms with E-state index in [0.29, 0.717) is 18.1 Å². The van der Waals surface area contributed by atoms with Crippen LogP contribution in [0.15, 0.2) is 30.3 Å². The first-order chi connectivity index (χ1) is 8.69. The minimum absolute atomic E-state index is 0.0684. The molecule has 6 nitrogen and oxygen atoms in total. The fourth-order valence-corrected chi connectivity index (χ4v) is 1.44. The van der Waals surface area contributed by atoms with Crippen molar-refractivity contribution >= 4 is 11.8 Å². The summed E-state index contributed by atoms with van der Waals surface area (Å²) in [5.74, 6) is 1.80. The molecule has 0 amide bonds. The minimum atomic E-state index is 0.0684. The van der Waals surface area contributed by atoms with Crippen LogP contribution in [-0.4, -0.2) is 16.6 Å². The van der Waals surface area contributed by atoms with Gasteiger partial charge in [0, 0.05) is 6.07 Å². The molecule has 0 radical (unpaired) electrons. The van der Waals surface area contributed by atoms with Gasteiger partial charge in [0.25, 0.3) is 0 Å². The van der Waals surface area contributed by atoms with E-state index in [4.69, 9.17) is 20.9 Å². The molecule has 0 aliphatic rings. The SMILES string of the molecule is CCOc1ccccc1Oc1cc(N)nc(N)n1. The third kappa shape index (κ3) is 2.79. The minimum Gasteiger partial charge on any atom is -0.490 e. The molecule has 0 unspecified atom stereocenters. The molecule has 0 atom stereocenters. The zero-order chi connectivity index (χ0) is 13.0. The highest BCUT2D eigenvalue weighted by molar-refractivity contribution is 5.44. The molecule has 0 saturated carbocycles. The quantitative estimate of drug-likeness (QED) is 0.854. The van der Waals surface area contributed by atoms with Crippen LogP contribution in [0.1, 0.15) is 6.92 Å². The highest BCUT2D eigenvalue weighted by atomic mass is 16.5. The maximum atomic E-state index is 5.59. The third-order valence-corrected chi connectivity index (χ3v) is 2.10. The molecule has 2 rings (SSSR count). The van der Waals surface area contributed by atoms with Crippen molar-refractivity contribution in [2.75, 3.05) is 18.1 Å². The Kier molecular flexibility index (Phi) is 3.47. The summed E-state index contributed by atoms with van der Waals surface area (Å²) < 4.78 is 11.0. The Bertz CT molecular complexity index is 525. The normalized spacial score (nSPS) is 10.1. The van der Waals surface area contributed by atoms with Gasteiger partial charge in [-0.05, 0) is 19.1 Å². The second-order valence-electron chi connectivity index (χ2n) is 3.47. The summed E-state index contributed by atoms with van der Waals surface area (Å²) in [6, 6.07) is 8.79. The molecule has 0 fully saturated rings. The number of rotatable bonds is 4. The van der Waals surface area contributed by atoms with Crippen LogP contribution in [0, 0.1) is 0 Å². The van der Waals surface area contributed by atoms with Gasteiger partial charge >= 0.3 is 0 Å². The molecular weight excluding hydrogens is 232 g/mol. The predicted octanol–water partition coefficient (Wildman–Crippen LogP) is 1.83. The van der Waals surface area contributed by atoms with Gasteiger partial charge in [0.05, 0.1) is 6.61 Å². The van der Waals surface area contributed by atoms with Gasteiger partial charge in [0.1, 0.15) is 5.82 Å². The predicted molar refractivity (Wildman–Crippen MR) is 68.5 cm³/mol. The van der Waals surface area contributed by atoms with Crippen molar-refractivity contribution in [1.82, 2.24) is 9.97 Å². The Morgan fingerprint density at radius 2 is 1.83 bits per heavy atom. The molecule has 2 aromatic rings. The molecule has 0 spiro atoms. The Morgan fingerprint density at radius 3 is 2.50 bits per heavy atom. The molecule has 1 aromatic carbocycles. The number of nitrogens with two attached hydrogens (primary N) is 2. The van der Waals surface area contributed by atoms with Gasteiger partial charge in [-0.1, -0.05) is 12.1 Å². The number of anilines is 2. The summed E-state index contributed by atoms with van der Waals surface area (Å²) in [5.41, 5.74) is 11.1. The second kappa shape index (κ2) is 5.22. The van der Waals surface area contributed by atoms with Crippen molar-refractivity contribution in [2.24, 2.45) is 0 Å². The molecule has 0 aliphatic heterocycles.